The third-order valence-corrected chi connectivity index (χ3v) is 4.43. The molecule has 9 heteroatoms. The summed E-state index contributed by atoms with van der Waals surface area (Å²) < 4.78 is 59.4. The molecule has 0 bridgehead atoms. The van der Waals surface area contributed by atoms with Gasteiger partial charge in [0, 0.05) is 31.7 Å². The fourth-order valence-electron chi connectivity index (χ4n) is 2.82. The zero-order valence-corrected chi connectivity index (χ0v) is 16.6. The largest absolute Gasteiger partial charge is 0.494 e. The van der Waals surface area contributed by atoms with E-state index in [0.717, 1.165) is 6.20 Å². The van der Waals surface area contributed by atoms with Gasteiger partial charge in [0.1, 0.15) is 17.1 Å². The van der Waals surface area contributed by atoms with Crippen LogP contribution in [0, 0.1) is 5.82 Å². The maximum absolute atomic E-state index is 13.6. The van der Waals surface area contributed by atoms with Crippen molar-refractivity contribution >= 4 is 23.1 Å². The first-order valence-corrected chi connectivity index (χ1v) is 9.11. The standard InChI is InChI=1S/C21H20F4N4O/c1-4-30-17-11-9-15(10-12-17)28(2)19-18(21(23,24)25)13-26-20(27-19)29(3)16-7-5-14(22)6-8-16/h5-13H,4H2,1-3H3. The minimum atomic E-state index is -4.64. The van der Waals surface area contributed by atoms with Gasteiger partial charge in [-0.1, -0.05) is 0 Å². The number of halogens is 4. The van der Waals surface area contributed by atoms with E-state index in [1.165, 1.54) is 41.1 Å². The lowest BCUT2D eigenvalue weighted by Gasteiger charge is -2.25. The van der Waals surface area contributed by atoms with Crippen molar-refractivity contribution in [2.45, 2.75) is 13.1 Å². The van der Waals surface area contributed by atoms with Gasteiger partial charge in [-0.25, -0.2) is 9.37 Å². The number of aromatic nitrogens is 2. The van der Waals surface area contributed by atoms with Crippen molar-refractivity contribution in [3.05, 3.63) is 66.1 Å². The first-order chi connectivity index (χ1) is 14.2. The molecule has 0 radical (unpaired) electrons. The molecule has 30 heavy (non-hydrogen) atoms. The maximum atomic E-state index is 13.6. The highest BCUT2D eigenvalue weighted by molar-refractivity contribution is 5.66. The van der Waals surface area contributed by atoms with Crippen molar-refractivity contribution in [3.63, 3.8) is 0 Å². The molecule has 2 aromatic carbocycles. The Morgan fingerprint density at radius 2 is 1.47 bits per heavy atom. The number of hydrogen-bond acceptors (Lipinski definition) is 5. The minimum absolute atomic E-state index is 0.0439. The number of alkyl halides is 3. The summed E-state index contributed by atoms with van der Waals surface area (Å²) in [4.78, 5) is 10.9. The Balaban J connectivity index is 2.01. The van der Waals surface area contributed by atoms with Gasteiger partial charge in [-0.15, -0.1) is 0 Å². The van der Waals surface area contributed by atoms with Crippen molar-refractivity contribution in [3.8, 4) is 5.75 Å². The summed E-state index contributed by atoms with van der Waals surface area (Å²) in [6.07, 6.45) is -3.88. The Hall–Kier alpha value is -3.36. The number of ether oxygens (including phenoxy) is 1. The molecule has 0 fully saturated rings. The lowest BCUT2D eigenvalue weighted by Crippen LogP contribution is -2.21. The molecule has 1 aromatic heterocycles. The SMILES string of the molecule is CCOc1ccc(N(C)c2nc(N(C)c3ccc(F)cc3)ncc2C(F)(F)F)cc1. The molecule has 3 aromatic rings. The van der Waals surface area contributed by atoms with Crippen LogP contribution in [0.15, 0.2) is 54.7 Å². The van der Waals surface area contributed by atoms with Crippen molar-refractivity contribution in [1.29, 1.82) is 0 Å². The van der Waals surface area contributed by atoms with Crippen molar-refractivity contribution in [2.75, 3.05) is 30.5 Å². The van der Waals surface area contributed by atoms with Crippen molar-refractivity contribution in [1.82, 2.24) is 9.97 Å². The van der Waals surface area contributed by atoms with Gasteiger partial charge in [-0.3, -0.25) is 0 Å². The summed E-state index contributed by atoms with van der Waals surface area (Å²) in [5, 5.41) is 0. The van der Waals surface area contributed by atoms with Crippen LogP contribution in [0.1, 0.15) is 12.5 Å². The number of hydrogen-bond donors (Lipinski definition) is 0. The predicted octanol–water partition coefficient (Wildman–Crippen LogP) is 5.57. The van der Waals surface area contributed by atoms with E-state index in [-0.39, 0.29) is 11.8 Å². The van der Waals surface area contributed by atoms with Crippen LogP contribution in [-0.4, -0.2) is 30.7 Å². The summed E-state index contributed by atoms with van der Waals surface area (Å²) in [7, 11) is 3.09. The highest BCUT2D eigenvalue weighted by atomic mass is 19.4. The number of nitrogens with zero attached hydrogens (tertiary/aromatic N) is 4. The van der Waals surface area contributed by atoms with E-state index in [2.05, 4.69) is 9.97 Å². The molecular formula is C21H20F4N4O. The Morgan fingerprint density at radius 3 is 2.03 bits per heavy atom. The van der Waals surface area contributed by atoms with Gasteiger partial charge in [-0.2, -0.15) is 18.2 Å². The summed E-state index contributed by atoms with van der Waals surface area (Å²) in [6, 6.07) is 12.1. The van der Waals surface area contributed by atoms with Gasteiger partial charge in [0.05, 0.1) is 6.61 Å². The molecule has 0 atom stereocenters. The van der Waals surface area contributed by atoms with Gasteiger partial charge < -0.3 is 14.5 Å². The second-order valence-electron chi connectivity index (χ2n) is 6.43. The molecule has 0 aliphatic carbocycles. The summed E-state index contributed by atoms with van der Waals surface area (Å²) in [5.41, 5.74) is 0.0685. The number of benzene rings is 2. The van der Waals surface area contributed by atoms with E-state index in [0.29, 0.717) is 23.7 Å². The van der Waals surface area contributed by atoms with Crippen molar-refractivity contribution < 1.29 is 22.3 Å². The van der Waals surface area contributed by atoms with E-state index in [9.17, 15) is 17.6 Å². The third kappa shape index (κ3) is 4.61. The Morgan fingerprint density at radius 1 is 0.900 bits per heavy atom. The second kappa shape index (κ2) is 8.56. The molecule has 0 spiro atoms. The molecule has 158 valence electrons. The number of anilines is 4. The lowest BCUT2D eigenvalue weighted by atomic mass is 10.2. The van der Waals surface area contributed by atoms with Gasteiger partial charge in [0.2, 0.25) is 5.95 Å². The third-order valence-electron chi connectivity index (χ3n) is 4.43. The summed E-state index contributed by atoms with van der Waals surface area (Å²) in [6.45, 7) is 2.33. The van der Waals surface area contributed by atoms with Crippen LogP contribution in [0.2, 0.25) is 0 Å². The fraction of sp³-hybridized carbons (Fsp3) is 0.238. The molecule has 0 unspecified atom stereocenters. The fourth-order valence-corrected chi connectivity index (χ4v) is 2.82. The van der Waals surface area contributed by atoms with E-state index in [1.54, 1.807) is 31.3 Å². The average molecular weight is 420 g/mol. The normalized spacial score (nSPS) is 11.3. The smallest absolute Gasteiger partial charge is 0.421 e. The molecule has 0 N–H and O–H groups in total. The monoisotopic (exact) mass is 420 g/mol. The van der Waals surface area contributed by atoms with Gasteiger partial charge in [0.25, 0.3) is 0 Å². The van der Waals surface area contributed by atoms with Crippen LogP contribution in [0.25, 0.3) is 0 Å². The lowest BCUT2D eigenvalue weighted by molar-refractivity contribution is -0.137. The first-order valence-electron chi connectivity index (χ1n) is 9.11. The molecule has 0 aliphatic rings. The topological polar surface area (TPSA) is 41.5 Å². The second-order valence-corrected chi connectivity index (χ2v) is 6.43. The molecule has 5 nitrogen and oxygen atoms in total. The van der Waals surface area contributed by atoms with E-state index >= 15 is 0 Å². The van der Waals surface area contributed by atoms with E-state index in [1.807, 2.05) is 6.92 Å². The maximum Gasteiger partial charge on any atom is 0.421 e. The zero-order chi connectivity index (χ0) is 21.9. The molecule has 0 aliphatic heterocycles. The van der Waals surface area contributed by atoms with Crippen LogP contribution in [0.3, 0.4) is 0 Å². The van der Waals surface area contributed by atoms with Crippen LogP contribution in [-0.2, 0) is 6.18 Å². The zero-order valence-electron chi connectivity index (χ0n) is 16.6. The van der Waals surface area contributed by atoms with Crippen LogP contribution < -0.4 is 14.5 Å². The number of rotatable bonds is 6. The molecule has 3 rings (SSSR count). The van der Waals surface area contributed by atoms with Crippen LogP contribution >= 0.6 is 0 Å². The summed E-state index contributed by atoms with van der Waals surface area (Å²) in [5.74, 6) is -0.0606. The molecule has 0 saturated heterocycles. The van der Waals surface area contributed by atoms with Crippen LogP contribution in [0.4, 0.5) is 40.7 Å². The molecular weight excluding hydrogens is 400 g/mol. The molecule has 0 saturated carbocycles. The molecule has 0 amide bonds. The van der Waals surface area contributed by atoms with E-state index < -0.39 is 17.6 Å². The quantitative estimate of drug-likeness (QED) is 0.488. The Bertz CT molecular complexity index is 991. The van der Waals surface area contributed by atoms with Gasteiger partial charge >= 0.3 is 6.18 Å². The summed E-state index contributed by atoms with van der Waals surface area (Å²) >= 11 is 0. The van der Waals surface area contributed by atoms with Gasteiger partial charge in [-0.05, 0) is 55.5 Å². The Kier molecular flexibility index (Phi) is 6.09. The molecule has 1 heterocycles. The van der Waals surface area contributed by atoms with Gasteiger partial charge in [0.15, 0.2) is 5.82 Å². The van der Waals surface area contributed by atoms with Crippen molar-refractivity contribution in [2.24, 2.45) is 0 Å². The minimum Gasteiger partial charge on any atom is -0.494 e. The average Bonchev–Trinajstić information content (AvgIpc) is 2.73. The first kappa shape index (κ1) is 21.4. The Labute approximate surface area is 171 Å². The highest BCUT2D eigenvalue weighted by Gasteiger charge is 2.37. The highest BCUT2D eigenvalue weighted by Crippen LogP contribution is 2.38. The van der Waals surface area contributed by atoms with E-state index in [4.69, 9.17) is 4.74 Å². The van der Waals surface area contributed by atoms with Crippen LogP contribution in [0.5, 0.6) is 5.75 Å². The predicted molar refractivity (Wildman–Crippen MR) is 107 cm³/mol.